The van der Waals surface area contributed by atoms with E-state index in [-0.39, 0.29) is 12.2 Å². The minimum absolute atomic E-state index is 0.0160. The maximum absolute atomic E-state index is 10.8. The molecule has 0 fully saturated rings. The third kappa shape index (κ3) is 3.69. The molecule has 0 heterocycles. The van der Waals surface area contributed by atoms with Crippen molar-refractivity contribution in [3.63, 3.8) is 0 Å². The molecule has 1 aromatic rings. The van der Waals surface area contributed by atoms with Crippen LogP contribution in [-0.2, 0) is 4.79 Å². The third-order valence-electron chi connectivity index (χ3n) is 2.54. The number of carboxylic acid groups (broad SMARTS) is 1. The minimum Gasteiger partial charge on any atom is -0.481 e. The van der Waals surface area contributed by atoms with E-state index in [0.717, 1.165) is 0 Å². The summed E-state index contributed by atoms with van der Waals surface area (Å²) in [5, 5.41) is 22.4. The van der Waals surface area contributed by atoms with Crippen LogP contribution in [0.1, 0.15) is 13.3 Å². The lowest BCUT2D eigenvalue weighted by Crippen LogP contribution is -2.22. The van der Waals surface area contributed by atoms with Gasteiger partial charge < -0.3 is 10.4 Å². The molecule has 1 rings (SSSR count). The number of nitrogens with one attached hydrogen (secondary N) is 1. The molecule has 0 radical (unpaired) electrons. The number of hydrogen-bond acceptors (Lipinski definition) is 4. The summed E-state index contributed by atoms with van der Waals surface area (Å²) in [6.07, 6.45) is 0.521. The molecule has 0 aliphatic heterocycles. The van der Waals surface area contributed by atoms with E-state index in [1.165, 1.54) is 12.1 Å². The predicted octanol–water partition coefficient (Wildman–Crippen LogP) is 2.88. The molecule has 0 saturated heterocycles. The summed E-state index contributed by atoms with van der Waals surface area (Å²) in [5.41, 5.74) is 0.623. The molecule has 18 heavy (non-hydrogen) atoms. The zero-order valence-electron chi connectivity index (χ0n) is 9.72. The van der Waals surface area contributed by atoms with Crippen molar-refractivity contribution in [2.24, 2.45) is 5.92 Å². The van der Waals surface area contributed by atoms with Crippen LogP contribution < -0.4 is 5.32 Å². The van der Waals surface area contributed by atoms with Gasteiger partial charge >= 0.3 is 5.97 Å². The third-order valence-corrected chi connectivity index (χ3v) is 3.20. The molecule has 1 atom stereocenters. The lowest BCUT2D eigenvalue weighted by molar-refractivity contribution is -0.384. The van der Waals surface area contributed by atoms with Crippen LogP contribution in [0.15, 0.2) is 22.7 Å². The second-order valence-corrected chi connectivity index (χ2v) is 4.60. The number of benzene rings is 1. The Bertz CT molecular complexity index is 464. The molecular weight excluding hydrogens is 304 g/mol. The highest BCUT2D eigenvalue weighted by atomic mass is 79.9. The summed E-state index contributed by atoms with van der Waals surface area (Å²) in [5.74, 6) is -1.34. The minimum atomic E-state index is -0.858. The fraction of sp³-hybridized carbons (Fsp3) is 0.364. The van der Waals surface area contributed by atoms with Crippen molar-refractivity contribution in [2.45, 2.75) is 13.3 Å². The highest BCUT2D eigenvalue weighted by Crippen LogP contribution is 2.27. The van der Waals surface area contributed by atoms with E-state index >= 15 is 0 Å². The molecule has 1 aromatic carbocycles. The number of carboxylic acids is 1. The Morgan fingerprint density at radius 2 is 2.28 bits per heavy atom. The van der Waals surface area contributed by atoms with Crippen LogP contribution >= 0.6 is 15.9 Å². The van der Waals surface area contributed by atoms with Gasteiger partial charge in [0.1, 0.15) is 0 Å². The zero-order chi connectivity index (χ0) is 13.7. The molecule has 7 heteroatoms. The first-order valence-corrected chi connectivity index (χ1v) is 6.15. The van der Waals surface area contributed by atoms with E-state index in [9.17, 15) is 14.9 Å². The Kier molecular flexibility index (Phi) is 5.08. The average molecular weight is 317 g/mol. The van der Waals surface area contributed by atoms with E-state index in [0.29, 0.717) is 16.6 Å². The van der Waals surface area contributed by atoms with Gasteiger partial charge in [0.2, 0.25) is 0 Å². The SMILES string of the molecule is CCC(CNc1ccc([N+](=O)[O-])cc1Br)C(=O)O. The normalized spacial score (nSPS) is 11.9. The summed E-state index contributed by atoms with van der Waals surface area (Å²) >= 11 is 3.21. The Morgan fingerprint density at radius 3 is 2.72 bits per heavy atom. The number of halogens is 1. The summed E-state index contributed by atoms with van der Waals surface area (Å²) in [6.45, 7) is 2.08. The molecular formula is C11H13BrN2O4. The fourth-order valence-electron chi connectivity index (χ4n) is 1.40. The molecule has 0 spiro atoms. The maximum Gasteiger partial charge on any atom is 0.308 e. The number of anilines is 1. The monoisotopic (exact) mass is 316 g/mol. The van der Waals surface area contributed by atoms with Crippen LogP contribution in [0, 0.1) is 16.0 Å². The fourth-order valence-corrected chi connectivity index (χ4v) is 1.91. The van der Waals surface area contributed by atoms with E-state index in [1.54, 1.807) is 13.0 Å². The first kappa shape index (κ1) is 14.4. The number of nitro benzene ring substituents is 1. The van der Waals surface area contributed by atoms with Gasteiger partial charge in [-0.15, -0.1) is 0 Å². The van der Waals surface area contributed by atoms with Crippen molar-refractivity contribution >= 4 is 33.3 Å². The first-order chi connectivity index (χ1) is 8.45. The summed E-state index contributed by atoms with van der Waals surface area (Å²) in [7, 11) is 0. The average Bonchev–Trinajstić information content (AvgIpc) is 2.30. The lowest BCUT2D eigenvalue weighted by Gasteiger charge is -2.13. The van der Waals surface area contributed by atoms with Crippen LogP contribution in [0.3, 0.4) is 0 Å². The smallest absolute Gasteiger partial charge is 0.308 e. The Labute approximate surface area is 112 Å². The number of carbonyl (C=O) groups is 1. The molecule has 0 saturated carbocycles. The van der Waals surface area contributed by atoms with E-state index in [1.807, 2.05) is 0 Å². The van der Waals surface area contributed by atoms with Crippen molar-refractivity contribution in [1.82, 2.24) is 0 Å². The number of aliphatic carboxylic acids is 1. The highest BCUT2D eigenvalue weighted by Gasteiger charge is 2.15. The number of hydrogen-bond donors (Lipinski definition) is 2. The molecule has 0 aliphatic rings. The van der Waals surface area contributed by atoms with Gasteiger partial charge in [-0.05, 0) is 28.4 Å². The summed E-state index contributed by atoms with van der Waals surface area (Å²) < 4.78 is 0.539. The molecule has 2 N–H and O–H groups in total. The van der Waals surface area contributed by atoms with Crippen molar-refractivity contribution in [2.75, 3.05) is 11.9 Å². The highest BCUT2D eigenvalue weighted by molar-refractivity contribution is 9.10. The second-order valence-electron chi connectivity index (χ2n) is 3.75. The first-order valence-electron chi connectivity index (χ1n) is 5.36. The van der Waals surface area contributed by atoms with Crippen molar-refractivity contribution in [3.05, 3.63) is 32.8 Å². The van der Waals surface area contributed by atoms with Crippen LogP contribution in [0.5, 0.6) is 0 Å². The van der Waals surface area contributed by atoms with Crippen LogP contribution in [0.4, 0.5) is 11.4 Å². The Hall–Kier alpha value is -1.63. The largest absolute Gasteiger partial charge is 0.481 e. The lowest BCUT2D eigenvalue weighted by atomic mass is 10.1. The maximum atomic E-state index is 10.8. The van der Waals surface area contributed by atoms with E-state index in [4.69, 9.17) is 5.11 Å². The molecule has 0 aliphatic carbocycles. The summed E-state index contributed by atoms with van der Waals surface area (Å²) in [4.78, 5) is 20.9. The molecule has 6 nitrogen and oxygen atoms in total. The van der Waals surface area contributed by atoms with Gasteiger partial charge in [-0.1, -0.05) is 6.92 Å². The van der Waals surface area contributed by atoms with Gasteiger partial charge in [0, 0.05) is 28.8 Å². The Balaban J connectivity index is 2.74. The predicted molar refractivity (Wildman–Crippen MR) is 70.7 cm³/mol. The number of nitrogens with zero attached hydrogens (tertiary/aromatic N) is 1. The van der Waals surface area contributed by atoms with Gasteiger partial charge in [0.05, 0.1) is 10.8 Å². The van der Waals surface area contributed by atoms with Crippen molar-refractivity contribution < 1.29 is 14.8 Å². The van der Waals surface area contributed by atoms with Gasteiger partial charge in [0.15, 0.2) is 0 Å². The molecule has 1 unspecified atom stereocenters. The van der Waals surface area contributed by atoms with Gasteiger partial charge in [-0.3, -0.25) is 14.9 Å². The molecule has 0 aromatic heterocycles. The quantitative estimate of drug-likeness (QED) is 0.621. The zero-order valence-corrected chi connectivity index (χ0v) is 11.3. The van der Waals surface area contributed by atoms with Gasteiger partial charge in [-0.25, -0.2) is 0 Å². The summed E-state index contributed by atoms with van der Waals surface area (Å²) in [6, 6.07) is 4.30. The molecule has 0 amide bonds. The molecule has 0 bridgehead atoms. The molecule has 98 valence electrons. The van der Waals surface area contributed by atoms with Crippen LogP contribution in [0.2, 0.25) is 0 Å². The van der Waals surface area contributed by atoms with Crippen LogP contribution in [0.25, 0.3) is 0 Å². The standard InChI is InChI=1S/C11H13BrN2O4/c1-2-7(11(15)16)6-13-10-4-3-8(14(17)18)5-9(10)12/h3-5,7,13H,2,6H2,1H3,(H,15,16). The van der Waals surface area contributed by atoms with Gasteiger partial charge in [0.25, 0.3) is 5.69 Å². The van der Waals surface area contributed by atoms with Crippen molar-refractivity contribution in [1.29, 1.82) is 0 Å². The van der Waals surface area contributed by atoms with E-state index in [2.05, 4.69) is 21.2 Å². The number of rotatable bonds is 6. The number of nitro groups is 1. The van der Waals surface area contributed by atoms with Crippen molar-refractivity contribution in [3.8, 4) is 0 Å². The Morgan fingerprint density at radius 1 is 1.61 bits per heavy atom. The van der Waals surface area contributed by atoms with Gasteiger partial charge in [-0.2, -0.15) is 0 Å². The topological polar surface area (TPSA) is 92.5 Å². The second kappa shape index (κ2) is 6.34. The van der Waals surface area contributed by atoms with E-state index < -0.39 is 16.8 Å². The number of non-ortho nitro benzene ring substituents is 1. The van der Waals surface area contributed by atoms with Crippen LogP contribution in [-0.4, -0.2) is 22.5 Å².